The lowest BCUT2D eigenvalue weighted by Crippen LogP contribution is -2.59. The van der Waals surface area contributed by atoms with Crippen molar-refractivity contribution in [2.24, 2.45) is 0 Å². The van der Waals surface area contributed by atoms with Crippen LogP contribution in [0.5, 0.6) is 0 Å². The highest BCUT2D eigenvalue weighted by molar-refractivity contribution is 5.69. The van der Waals surface area contributed by atoms with E-state index in [1.807, 2.05) is 0 Å². The topological polar surface area (TPSA) is 135 Å². The third-order valence-electron chi connectivity index (χ3n) is 12.1. The second kappa shape index (κ2) is 44.6. The first-order valence-corrected chi connectivity index (χ1v) is 26.1. The highest BCUT2D eigenvalue weighted by Crippen LogP contribution is 2.23. The maximum Gasteiger partial charge on any atom is 0.306 e. The summed E-state index contributed by atoms with van der Waals surface area (Å²) < 4.78 is 22.8. The average Bonchev–Trinajstić information content (AvgIpc) is 3.27. The number of hydrogen-bond acceptors (Lipinski definition) is 9. The number of carbonyl (C=O) groups is 1. The molecule has 9 heteroatoms. The first-order valence-electron chi connectivity index (χ1n) is 26.1. The Bertz CT molecular complexity index is 1050. The third kappa shape index (κ3) is 34.8. The van der Waals surface area contributed by atoms with Gasteiger partial charge in [-0.3, -0.25) is 4.79 Å². The molecule has 0 spiro atoms. The number of esters is 1. The molecule has 9 nitrogen and oxygen atoms in total. The van der Waals surface area contributed by atoms with Gasteiger partial charge in [-0.1, -0.05) is 217 Å². The third-order valence-corrected chi connectivity index (χ3v) is 12.1. The Hall–Kier alpha value is -1.59. The molecule has 0 aromatic carbocycles. The molecule has 6 unspecified atom stereocenters. The van der Waals surface area contributed by atoms with E-state index in [9.17, 15) is 25.2 Å². The van der Waals surface area contributed by atoms with Crippen molar-refractivity contribution in [3.63, 3.8) is 0 Å². The van der Waals surface area contributed by atoms with Gasteiger partial charge in [0.15, 0.2) is 6.29 Å². The summed E-state index contributed by atoms with van der Waals surface area (Å²) in [5.41, 5.74) is 0. The van der Waals surface area contributed by atoms with E-state index in [-0.39, 0.29) is 25.6 Å². The molecule has 1 fully saturated rings. The predicted molar refractivity (Wildman–Crippen MR) is 256 cm³/mol. The molecule has 1 rings (SSSR count). The molecule has 1 heterocycles. The first-order chi connectivity index (χ1) is 30.4. The van der Waals surface area contributed by atoms with E-state index in [0.717, 1.165) is 57.8 Å². The molecule has 1 saturated heterocycles. The van der Waals surface area contributed by atoms with Gasteiger partial charge in [-0.05, 0) is 44.9 Å². The van der Waals surface area contributed by atoms with Crippen LogP contribution in [0.25, 0.3) is 0 Å². The number of unbranched alkanes of at least 4 members (excludes halogenated alkanes) is 28. The van der Waals surface area contributed by atoms with Crippen LogP contribution >= 0.6 is 0 Å². The first kappa shape index (κ1) is 58.4. The van der Waals surface area contributed by atoms with Gasteiger partial charge in [0.05, 0.1) is 19.8 Å². The SMILES string of the molecule is CC/C=C\C/C=C\C/C=C\CCCCCC(=O)OC(COCCCCCCCCCCCCCCCCCCCCCCCCCCCC)COC1OC(CO)C(O)C(O)C1O. The summed E-state index contributed by atoms with van der Waals surface area (Å²) >= 11 is 0. The Morgan fingerprint density at radius 1 is 0.532 bits per heavy atom. The van der Waals surface area contributed by atoms with Gasteiger partial charge in [0.1, 0.15) is 30.5 Å². The quantitative estimate of drug-likeness (QED) is 0.0268. The van der Waals surface area contributed by atoms with Crippen molar-refractivity contribution in [2.45, 2.75) is 269 Å². The lowest BCUT2D eigenvalue weighted by atomic mass is 9.99. The second-order valence-corrected chi connectivity index (χ2v) is 17.9. The van der Waals surface area contributed by atoms with Gasteiger partial charge in [0.25, 0.3) is 0 Å². The number of carbonyl (C=O) groups excluding carboxylic acids is 1. The van der Waals surface area contributed by atoms with Crippen LogP contribution in [-0.4, -0.2) is 89.6 Å². The van der Waals surface area contributed by atoms with Crippen LogP contribution in [0, 0.1) is 0 Å². The number of allylic oxidation sites excluding steroid dienone is 6. The van der Waals surface area contributed by atoms with Gasteiger partial charge >= 0.3 is 5.97 Å². The lowest BCUT2D eigenvalue weighted by molar-refractivity contribution is -0.305. The summed E-state index contributed by atoms with van der Waals surface area (Å²) in [6.07, 6.45) is 47.8. The van der Waals surface area contributed by atoms with Gasteiger partial charge in [-0.25, -0.2) is 0 Å². The molecule has 0 radical (unpaired) electrons. The Labute approximate surface area is 380 Å². The monoisotopic (exact) mass is 879 g/mol. The highest BCUT2D eigenvalue weighted by atomic mass is 16.7. The maximum absolute atomic E-state index is 12.8. The second-order valence-electron chi connectivity index (χ2n) is 17.9. The van der Waals surface area contributed by atoms with E-state index in [2.05, 4.69) is 50.3 Å². The standard InChI is InChI=1S/C53H98O9/c1-3-5-7-9-11-13-15-17-18-19-20-21-22-23-24-25-26-27-28-29-31-33-35-37-39-41-43-59-45-47(46-60-53-52(58)51(57)50(56)48(44-54)62-53)61-49(55)42-40-38-36-34-32-30-16-14-12-10-8-6-4-2/h6,8,12,14,30,32,47-48,50-54,56-58H,3-5,7,9-11,13,15-29,31,33-46H2,1-2H3/b8-6-,14-12-,32-30-. The van der Waals surface area contributed by atoms with Crippen molar-refractivity contribution in [3.05, 3.63) is 36.5 Å². The largest absolute Gasteiger partial charge is 0.457 e. The molecule has 1 aliphatic rings. The molecule has 0 saturated carbocycles. The summed E-state index contributed by atoms with van der Waals surface area (Å²) in [6, 6.07) is 0. The van der Waals surface area contributed by atoms with E-state index < -0.39 is 43.4 Å². The lowest BCUT2D eigenvalue weighted by Gasteiger charge is -2.39. The van der Waals surface area contributed by atoms with Crippen molar-refractivity contribution in [3.8, 4) is 0 Å². The highest BCUT2D eigenvalue weighted by Gasteiger charge is 2.44. The fourth-order valence-electron chi connectivity index (χ4n) is 8.04. The zero-order valence-corrected chi connectivity index (χ0v) is 40.1. The molecule has 0 aromatic heterocycles. The fourth-order valence-corrected chi connectivity index (χ4v) is 8.04. The predicted octanol–water partition coefficient (Wildman–Crippen LogP) is 12.7. The minimum atomic E-state index is -1.54. The molecule has 4 N–H and O–H groups in total. The molecule has 0 bridgehead atoms. The average molecular weight is 879 g/mol. The van der Waals surface area contributed by atoms with E-state index in [0.29, 0.717) is 6.61 Å². The normalized spacial score (nSPS) is 20.0. The Kier molecular flexibility index (Phi) is 42.0. The van der Waals surface area contributed by atoms with Gasteiger partial charge in [0, 0.05) is 13.0 Å². The molecule has 364 valence electrons. The minimum absolute atomic E-state index is 0.123. The van der Waals surface area contributed by atoms with E-state index in [4.69, 9.17) is 18.9 Å². The van der Waals surface area contributed by atoms with Crippen LogP contribution in [0.15, 0.2) is 36.5 Å². The molecule has 0 amide bonds. The van der Waals surface area contributed by atoms with E-state index in [1.165, 1.54) is 154 Å². The zero-order chi connectivity index (χ0) is 45.0. The van der Waals surface area contributed by atoms with E-state index in [1.54, 1.807) is 0 Å². The van der Waals surface area contributed by atoms with Crippen molar-refractivity contribution in [1.29, 1.82) is 0 Å². The van der Waals surface area contributed by atoms with Crippen molar-refractivity contribution >= 4 is 5.97 Å². The fraction of sp³-hybridized carbons (Fsp3) is 0.868. The summed E-state index contributed by atoms with van der Waals surface area (Å²) in [7, 11) is 0. The smallest absolute Gasteiger partial charge is 0.306 e. The summed E-state index contributed by atoms with van der Waals surface area (Å²) in [6.45, 7) is 4.44. The van der Waals surface area contributed by atoms with Crippen LogP contribution < -0.4 is 0 Å². The maximum atomic E-state index is 12.8. The molecule has 0 aromatic rings. The van der Waals surface area contributed by atoms with Crippen LogP contribution in [0.3, 0.4) is 0 Å². The Balaban J connectivity index is 2.13. The molecule has 6 atom stereocenters. The number of aliphatic hydroxyl groups is 4. The van der Waals surface area contributed by atoms with Gasteiger partial charge < -0.3 is 39.4 Å². The van der Waals surface area contributed by atoms with Gasteiger partial charge in [-0.2, -0.15) is 0 Å². The zero-order valence-electron chi connectivity index (χ0n) is 40.1. The molecular formula is C53H98O9. The van der Waals surface area contributed by atoms with E-state index >= 15 is 0 Å². The molecule has 0 aliphatic carbocycles. The Morgan fingerprint density at radius 2 is 0.984 bits per heavy atom. The molecule has 1 aliphatic heterocycles. The Morgan fingerprint density at radius 3 is 1.47 bits per heavy atom. The van der Waals surface area contributed by atoms with Crippen LogP contribution in [0.4, 0.5) is 0 Å². The van der Waals surface area contributed by atoms with Gasteiger partial charge in [-0.15, -0.1) is 0 Å². The van der Waals surface area contributed by atoms with Crippen molar-refractivity contribution < 1.29 is 44.2 Å². The van der Waals surface area contributed by atoms with Crippen LogP contribution in [0.1, 0.15) is 232 Å². The molecular weight excluding hydrogens is 781 g/mol. The summed E-state index contributed by atoms with van der Waals surface area (Å²) in [5, 5.41) is 40.2. The van der Waals surface area contributed by atoms with Crippen molar-refractivity contribution in [2.75, 3.05) is 26.4 Å². The van der Waals surface area contributed by atoms with Crippen molar-refractivity contribution in [1.82, 2.24) is 0 Å². The summed E-state index contributed by atoms with van der Waals surface area (Å²) in [4.78, 5) is 12.8. The molecule has 62 heavy (non-hydrogen) atoms. The number of aliphatic hydroxyl groups excluding tert-OH is 4. The van der Waals surface area contributed by atoms with Crippen LogP contribution in [-0.2, 0) is 23.7 Å². The summed E-state index contributed by atoms with van der Waals surface area (Å²) in [5.74, 6) is -0.339. The van der Waals surface area contributed by atoms with Gasteiger partial charge in [0.2, 0.25) is 0 Å². The van der Waals surface area contributed by atoms with Crippen LogP contribution in [0.2, 0.25) is 0 Å². The number of hydrogen-bond donors (Lipinski definition) is 4. The number of rotatable bonds is 45. The minimum Gasteiger partial charge on any atom is -0.457 e. The number of ether oxygens (including phenoxy) is 4.